The summed E-state index contributed by atoms with van der Waals surface area (Å²) in [6.45, 7) is 5.96. The number of hydrogen-bond acceptors (Lipinski definition) is 6. The van der Waals surface area contributed by atoms with E-state index in [1.165, 1.54) is 12.1 Å². The van der Waals surface area contributed by atoms with E-state index in [2.05, 4.69) is 23.8 Å². The second-order valence-corrected chi connectivity index (χ2v) is 18.0. The summed E-state index contributed by atoms with van der Waals surface area (Å²) in [7, 11) is -13.4. The summed E-state index contributed by atoms with van der Waals surface area (Å²) in [5.41, 5.74) is -8.18. The van der Waals surface area contributed by atoms with Crippen LogP contribution in [0.25, 0.3) is 0 Å². The second-order valence-electron chi connectivity index (χ2n) is 6.13. The van der Waals surface area contributed by atoms with Crippen molar-refractivity contribution in [2.75, 3.05) is 0 Å². The van der Waals surface area contributed by atoms with E-state index in [1.807, 2.05) is 19.6 Å². The van der Waals surface area contributed by atoms with Gasteiger partial charge in [0.25, 0.3) is 0 Å². The summed E-state index contributed by atoms with van der Waals surface area (Å²) in [5.74, 6) is 5.03. The predicted octanol–water partition coefficient (Wildman–Crippen LogP) is 4.04. The van der Waals surface area contributed by atoms with Gasteiger partial charge in [-0.1, -0.05) is 0 Å². The van der Waals surface area contributed by atoms with Crippen LogP contribution in [0.1, 0.15) is 0 Å². The first-order chi connectivity index (χ1) is 13.7. The maximum atomic E-state index is 12.5. The zero-order valence-corrected chi connectivity index (χ0v) is 20.6. The van der Waals surface area contributed by atoms with Gasteiger partial charge in [0.05, 0.1) is 0 Å². The Hall–Kier alpha value is -1.31. The number of halogens is 7. The number of rotatable bonds is 3. The van der Waals surface area contributed by atoms with E-state index in [4.69, 9.17) is 13.0 Å². The maximum Gasteiger partial charge on any atom is 0.485 e. The average Bonchev–Trinajstić information content (AvgIpc) is 2.55. The van der Waals surface area contributed by atoms with E-state index >= 15 is 0 Å². The molecule has 1 aromatic carbocycles. The van der Waals surface area contributed by atoms with Crippen molar-refractivity contribution in [3.8, 4) is 21.3 Å². The topological polar surface area (TPSA) is 101 Å². The molecule has 0 aliphatic rings. The minimum atomic E-state index is -6.09. The van der Waals surface area contributed by atoms with Crippen LogP contribution in [0.5, 0.6) is 0 Å². The van der Waals surface area contributed by atoms with Crippen LogP contribution in [0.15, 0.2) is 30.3 Å². The fourth-order valence-corrected chi connectivity index (χ4v) is 6.50. The zero-order chi connectivity index (χ0) is 24.7. The first-order valence-electron chi connectivity index (χ1n) is 7.49. The number of benzene rings is 1. The van der Waals surface area contributed by atoms with Crippen LogP contribution in [0.3, 0.4) is 0 Å². The molecule has 0 saturated carbocycles. The Labute approximate surface area is 184 Å². The van der Waals surface area contributed by atoms with E-state index in [0.29, 0.717) is 3.57 Å². The minimum Gasteiger partial charge on any atom is -0.741 e. The van der Waals surface area contributed by atoms with Crippen molar-refractivity contribution in [3.63, 3.8) is 0 Å². The van der Waals surface area contributed by atoms with Gasteiger partial charge in [-0.15, -0.1) is 0 Å². The molecule has 0 unspecified atom stereocenters. The van der Waals surface area contributed by atoms with Gasteiger partial charge in [-0.3, -0.25) is 0 Å². The smallest absolute Gasteiger partial charge is 0.485 e. The molecule has 16 heteroatoms. The molecule has 0 spiro atoms. The Morgan fingerprint density at radius 1 is 0.903 bits per heavy atom. The van der Waals surface area contributed by atoms with Gasteiger partial charge in [-0.05, 0) is 0 Å². The van der Waals surface area contributed by atoms with Gasteiger partial charge in [0.1, 0.15) is 0 Å². The SMILES string of the molecule is C[Si](C)(C)C#CC#CI(OS(=O)(=O)C(F)(F)F)c1ccccc1.O=S(=O)([O-])C(F)(F)F. The van der Waals surface area contributed by atoms with Crippen LogP contribution in [0, 0.1) is 24.9 Å². The van der Waals surface area contributed by atoms with E-state index in [-0.39, 0.29) is 0 Å². The molecule has 0 bridgehead atoms. The summed E-state index contributed by atoms with van der Waals surface area (Å²) in [5, 5.41) is 0. The quantitative estimate of drug-likeness (QED) is 0.126. The fraction of sp³-hybridized carbons (Fsp3) is 0.333. The van der Waals surface area contributed by atoms with Gasteiger partial charge >= 0.3 is 148 Å². The van der Waals surface area contributed by atoms with Crippen molar-refractivity contribution >= 4 is 48.5 Å². The molecule has 1 aromatic rings. The molecule has 0 aliphatic heterocycles. The third-order valence-electron chi connectivity index (χ3n) is 2.28. The predicted molar refractivity (Wildman–Crippen MR) is 110 cm³/mol. The monoisotopic (exact) mass is 623 g/mol. The van der Waals surface area contributed by atoms with Crippen molar-refractivity contribution in [3.05, 3.63) is 33.9 Å². The van der Waals surface area contributed by atoms with Crippen LogP contribution >= 0.6 is 20.2 Å². The van der Waals surface area contributed by atoms with Gasteiger partial charge in [0, 0.05) is 0 Å². The first kappa shape index (κ1) is 29.7. The molecule has 176 valence electrons. The largest absolute Gasteiger partial charge is 0.741 e. The van der Waals surface area contributed by atoms with Crippen molar-refractivity contribution in [2.45, 2.75) is 30.7 Å². The molecule has 1 rings (SSSR count). The van der Waals surface area contributed by atoms with Crippen LogP contribution in [0.4, 0.5) is 26.3 Å². The summed E-state index contributed by atoms with van der Waals surface area (Å²) < 4.78 is 126. The van der Waals surface area contributed by atoms with Gasteiger partial charge in [0.15, 0.2) is 10.1 Å². The van der Waals surface area contributed by atoms with Crippen LogP contribution < -0.4 is 0 Å². The normalized spacial score (nSPS) is 12.9. The molecule has 0 fully saturated rings. The molecular weight excluding hydrogens is 609 g/mol. The summed E-state index contributed by atoms with van der Waals surface area (Å²) >= 11 is -3.36. The first-order valence-corrected chi connectivity index (χ1v) is 16.8. The molecule has 0 heterocycles. The Kier molecular flexibility index (Phi) is 10.5. The van der Waals surface area contributed by atoms with Gasteiger partial charge < -0.3 is 4.55 Å². The summed E-state index contributed by atoms with van der Waals surface area (Å²) in [6.07, 6.45) is 0. The summed E-state index contributed by atoms with van der Waals surface area (Å²) in [6, 6.07) is 7.82. The van der Waals surface area contributed by atoms with E-state index in [9.17, 15) is 34.8 Å². The molecule has 0 aliphatic carbocycles. The molecule has 0 saturated heterocycles. The van der Waals surface area contributed by atoms with Crippen LogP contribution in [-0.2, 0) is 22.7 Å². The molecule has 0 atom stereocenters. The van der Waals surface area contributed by atoms with Crippen molar-refractivity contribution < 1.29 is 50.2 Å². The Morgan fingerprint density at radius 2 is 1.35 bits per heavy atom. The van der Waals surface area contributed by atoms with Crippen molar-refractivity contribution in [1.29, 1.82) is 0 Å². The molecule has 31 heavy (non-hydrogen) atoms. The Balaban J connectivity index is 0.000000954. The minimum absolute atomic E-state index is 0.354. The summed E-state index contributed by atoms with van der Waals surface area (Å²) in [4.78, 5) is 0. The molecule has 0 radical (unpaired) electrons. The van der Waals surface area contributed by atoms with Gasteiger partial charge in [-0.2, -0.15) is 13.2 Å². The third-order valence-corrected chi connectivity index (χ3v) is 9.69. The third kappa shape index (κ3) is 11.8. The maximum absolute atomic E-state index is 12.5. The van der Waals surface area contributed by atoms with Crippen LogP contribution in [-0.4, -0.2) is 40.5 Å². The Bertz CT molecular complexity index is 1070. The Morgan fingerprint density at radius 3 is 1.71 bits per heavy atom. The molecule has 6 nitrogen and oxygen atoms in total. The van der Waals surface area contributed by atoms with E-state index in [1.54, 1.807) is 18.2 Å². The molecule has 0 aromatic heterocycles. The van der Waals surface area contributed by atoms with Crippen LogP contribution in [0.2, 0.25) is 19.6 Å². The van der Waals surface area contributed by atoms with E-state index in [0.717, 1.165) is 0 Å². The van der Waals surface area contributed by atoms with Crippen molar-refractivity contribution in [1.82, 2.24) is 0 Å². The number of hydrogen-bond donors (Lipinski definition) is 0. The average molecular weight is 623 g/mol. The van der Waals surface area contributed by atoms with Crippen molar-refractivity contribution in [2.24, 2.45) is 0 Å². The van der Waals surface area contributed by atoms with Gasteiger partial charge in [-0.25, -0.2) is 8.42 Å². The molecule has 0 N–H and O–H groups in total. The number of alkyl halides is 6. The molecular formula is C15H14F6IO6S2Si-. The second kappa shape index (κ2) is 11.0. The standard InChI is InChI=1S/C14H14F3IO3SSi.CHF3O3S/c1-23(2,3)12-8-7-11-18(13-9-5-4-6-10-13)21-22(19,20)14(15,16)17;2-1(3,4)8(5,6)7/h4-6,9-10H,1-3H3;(H,5,6,7)/p-1. The fourth-order valence-electron chi connectivity index (χ4n) is 1.04. The van der Waals surface area contributed by atoms with Gasteiger partial charge in [0.2, 0.25) is 0 Å². The van der Waals surface area contributed by atoms with E-state index < -0.39 is 59.6 Å². The zero-order valence-electron chi connectivity index (χ0n) is 15.8. The molecule has 0 amide bonds.